The number of esters is 1. The minimum absolute atomic E-state index is 0.0556. The number of hydrogen-bond donors (Lipinski definition) is 0. The summed E-state index contributed by atoms with van der Waals surface area (Å²) in [5, 5.41) is -0.0556. The van der Waals surface area contributed by atoms with Crippen molar-refractivity contribution in [1.82, 2.24) is 0 Å². The second-order valence-corrected chi connectivity index (χ2v) is 5.65. The van der Waals surface area contributed by atoms with Crippen LogP contribution in [-0.2, 0) is 19.4 Å². The standard InChI is InChI=1S/C7H9ClO4S/c1-7(2)5(8)4(6(9)12-7)13(3,10)11/h1-3H3. The molecule has 0 aromatic carbocycles. The van der Waals surface area contributed by atoms with Gasteiger partial charge < -0.3 is 4.74 Å². The molecular weight excluding hydrogens is 216 g/mol. The summed E-state index contributed by atoms with van der Waals surface area (Å²) in [6, 6.07) is 0. The van der Waals surface area contributed by atoms with Gasteiger partial charge in [0.2, 0.25) is 0 Å². The summed E-state index contributed by atoms with van der Waals surface area (Å²) in [4.78, 5) is 10.7. The largest absolute Gasteiger partial charge is 0.450 e. The smallest absolute Gasteiger partial charge is 0.352 e. The van der Waals surface area contributed by atoms with Crippen molar-refractivity contribution >= 4 is 27.4 Å². The molecule has 1 aliphatic rings. The van der Waals surface area contributed by atoms with E-state index in [1.807, 2.05) is 0 Å². The van der Waals surface area contributed by atoms with Crippen LogP contribution in [0.15, 0.2) is 9.94 Å². The van der Waals surface area contributed by atoms with E-state index in [2.05, 4.69) is 0 Å². The molecule has 13 heavy (non-hydrogen) atoms. The highest BCUT2D eigenvalue weighted by molar-refractivity contribution is 7.95. The third-order valence-corrected chi connectivity index (χ3v) is 3.50. The normalized spacial score (nSPS) is 22.0. The molecule has 0 aromatic heterocycles. The Morgan fingerprint density at radius 1 is 1.38 bits per heavy atom. The predicted molar refractivity (Wildman–Crippen MR) is 47.9 cm³/mol. The Balaban J connectivity index is 3.39. The van der Waals surface area contributed by atoms with Crippen molar-refractivity contribution < 1.29 is 17.9 Å². The van der Waals surface area contributed by atoms with Crippen molar-refractivity contribution in [3.63, 3.8) is 0 Å². The molecule has 0 saturated carbocycles. The molecule has 0 bridgehead atoms. The highest BCUT2D eigenvalue weighted by atomic mass is 35.5. The second-order valence-electron chi connectivity index (χ2n) is 3.32. The lowest BCUT2D eigenvalue weighted by Gasteiger charge is -2.15. The zero-order chi connectivity index (χ0) is 10.4. The number of rotatable bonds is 1. The average Bonchev–Trinajstić information content (AvgIpc) is 1.99. The molecule has 0 aromatic rings. The van der Waals surface area contributed by atoms with Crippen LogP contribution in [0.5, 0.6) is 0 Å². The zero-order valence-electron chi connectivity index (χ0n) is 7.42. The Hall–Kier alpha value is -0.550. The quantitative estimate of drug-likeness (QED) is 0.619. The molecular formula is C7H9ClO4S. The van der Waals surface area contributed by atoms with Crippen molar-refractivity contribution in [3.05, 3.63) is 9.94 Å². The molecule has 0 aliphatic carbocycles. The Morgan fingerprint density at radius 3 is 2.00 bits per heavy atom. The molecule has 0 amide bonds. The first-order valence-corrected chi connectivity index (χ1v) is 5.77. The van der Waals surface area contributed by atoms with Gasteiger partial charge in [-0.2, -0.15) is 0 Å². The minimum Gasteiger partial charge on any atom is -0.450 e. The Kier molecular flexibility index (Phi) is 2.20. The van der Waals surface area contributed by atoms with Crippen LogP contribution < -0.4 is 0 Å². The average molecular weight is 225 g/mol. The summed E-state index contributed by atoms with van der Waals surface area (Å²) in [5.41, 5.74) is -1.03. The first-order valence-electron chi connectivity index (χ1n) is 3.50. The molecule has 1 heterocycles. The molecule has 0 fully saturated rings. The van der Waals surface area contributed by atoms with E-state index in [1.165, 1.54) is 13.8 Å². The van der Waals surface area contributed by atoms with Crippen LogP contribution in [0.25, 0.3) is 0 Å². The van der Waals surface area contributed by atoms with Gasteiger partial charge in [0, 0.05) is 6.26 Å². The Labute approximate surface area is 81.4 Å². The summed E-state index contributed by atoms with van der Waals surface area (Å²) < 4.78 is 27.0. The van der Waals surface area contributed by atoms with Crippen molar-refractivity contribution in [2.24, 2.45) is 0 Å². The Morgan fingerprint density at radius 2 is 1.85 bits per heavy atom. The molecule has 0 N–H and O–H groups in total. The molecule has 0 unspecified atom stereocenters. The number of sulfone groups is 1. The van der Waals surface area contributed by atoms with Crippen molar-refractivity contribution in [3.8, 4) is 0 Å². The number of halogens is 1. The lowest BCUT2D eigenvalue weighted by molar-refractivity contribution is -0.143. The summed E-state index contributed by atoms with van der Waals surface area (Å²) in [5.74, 6) is -0.877. The molecule has 0 atom stereocenters. The molecule has 6 heteroatoms. The number of ether oxygens (including phenoxy) is 1. The molecule has 0 radical (unpaired) electrons. The fourth-order valence-corrected chi connectivity index (χ4v) is 2.45. The topological polar surface area (TPSA) is 60.4 Å². The molecule has 0 spiro atoms. The van der Waals surface area contributed by atoms with Crippen LogP contribution >= 0.6 is 11.6 Å². The number of carbonyl (C=O) groups is 1. The summed E-state index contributed by atoms with van der Waals surface area (Å²) in [7, 11) is -3.60. The minimum atomic E-state index is -3.60. The second kappa shape index (κ2) is 2.72. The van der Waals surface area contributed by atoms with Crippen LogP contribution in [0, 0.1) is 0 Å². The van der Waals surface area contributed by atoms with Gasteiger partial charge in [0.05, 0.1) is 5.03 Å². The third kappa shape index (κ3) is 1.71. The van der Waals surface area contributed by atoms with E-state index < -0.39 is 26.3 Å². The highest BCUT2D eigenvalue weighted by Crippen LogP contribution is 2.36. The van der Waals surface area contributed by atoms with Gasteiger partial charge in [-0.15, -0.1) is 0 Å². The lowest BCUT2D eigenvalue weighted by atomic mass is 10.1. The maximum absolute atomic E-state index is 11.1. The van der Waals surface area contributed by atoms with Crippen LogP contribution in [0.3, 0.4) is 0 Å². The number of cyclic esters (lactones) is 1. The van der Waals surface area contributed by atoms with Gasteiger partial charge in [-0.1, -0.05) is 11.6 Å². The van der Waals surface area contributed by atoms with Gasteiger partial charge in [0.15, 0.2) is 14.7 Å². The van der Waals surface area contributed by atoms with Gasteiger partial charge in [0.1, 0.15) is 5.60 Å². The van der Waals surface area contributed by atoms with Gasteiger partial charge in [0.25, 0.3) is 0 Å². The first-order chi connectivity index (χ1) is 5.66. The van der Waals surface area contributed by atoms with Gasteiger partial charge in [-0.25, -0.2) is 13.2 Å². The van der Waals surface area contributed by atoms with E-state index in [1.54, 1.807) is 0 Å². The van der Waals surface area contributed by atoms with Gasteiger partial charge >= 0.3 is 5.97 Å². The Bertz CT molecular complexity index is 391. The maximum atomic E-state index is 11.1. The number of hydrogen-bond acceptors (Lipinski definition) is 4. The van der Waals surface area contributed by atoms with E-state index >= 15 is 0 Å². The molecule has 1 aliphatic heterocycles. The first kappa shape index (κ1) is 10.5. The zero-order valence-corrected chi connectivity index (χ0v) is 8.99. The third-order valence-electron chi connectivity index (χ3n) is 1.63. The predicted octanol–water partition coefficient (Wildman–Crippen LogP) is 0.817. The van der Waals surface area contributed by atoms with E-state index in [-0.39, 0.29) is 5.03 Å². The monoisotopic (exact) mass is 224 g/mol. The molecule has 1 rings (SSSR count). The molecule has 4 nitrogen and oxygen atoms in total. The van der Waals surface area contributed by atoms with Gasteiger partial charge in [-0.05, 0) is 13.8 Å². The van der Waals surface area contributed by atoms with Gasteiger partial charge in [-0.3, -0.25) is 0 Å². The molecule has 0 saturated heterocycles. The lowest BCUT2D eigenvalue weighted by Crippen LogP contribution is -2.20. The van der Waals surface area contributed by atoms with Crippen LogP contribution in [-0.4, -0.2) is 26.2 Å². The molecule has 74 valence electrons. The van der Waals surface area contributed by atoms with Crippen molar-refractivity contribution in [2.75, 3.05) is 6.26 Å². The highest BCUT2D eigenvalue weighted by Gasteiger charge is 2.43. The SMILES string of the molecule is CC1(C)OC(=O)C(S(C)(=O)=O)=C1Cl. The fraction of sp³-hybridized carbons (Fsp3) is 0.571. The van der Waals surface area contributed by atoms with E-state index in [9.17, 15) is 13.2 Å². The fourth-order valence-electron chi connectivity index (χ4n) is 1.00. The summed E-state index contributed by atoms with van der Waals surface area (Å²) >= 11 is 5.70. The summed E-state index contributed by atoms with van der Waals surface area (Å²) in [6.07, 6.45) is 0.924. The van der Waals surface area contributed by atoms with Crippen molar-refractivity contribution in [1.29, 1.82) is 0 Å². The van der Waals surface area contributed by atoms with Crippen LogP contribution in [0.4, 0.5) is 0 Å². The van der Waals surface area contributed by atoms with E-state index in [0.717, 1.165) is 6.26 Å². The van der Waals surface area contributed by atoms with E-state index in [0.29, 0.717) is 0 Å². The summed E-state index contributed by atoms with van der Waals surface area (Å²) in [6.45, 7) is 3.07. The van der Waals surface area contributed by atoms with Crippen LogP contribution in [0.1, 0.15) is 13.8 Å². The van der Waals surface area contributed by atoms with Crippen LogP contribution in [0.2, 0.25) is 0 Å². The number of carbonyl (C=O) groups excluding carboxylic acids is 1. The van der Waals surface area contributed by atoms with Crippen molar-refractivity contribution in [2.45, 2.75) is 19.4 Å². The van der Waals surface area contributed by atoms with E-state index in [4.69, 9.17) is 16.3 Å². The maximum Gasteiger partial charge on any atom is 0.352 e.